The normalized spacial score (nSPS) is 19.8. The van der Waals surface area contributed by atoms with Gasteiger partial charge in [-0.25, -0.2) is 9.97 Å². The van der Waals surface area contributed by atoms with Crippen molar-refractivity contribution in [1.82, 2.24) is 20.2 Å². The molecule has 1 aliphatic heterocycles. The second-order valence-corrected chi connectivity index (χ2v) is 5.82. The maximum Gasteiger partial charge on any atom is 0.221 e. The van der Waals surface area contributed by atoms with Gasteiger partial charge in [0.2, 0.25) is 5.91 Å². The zero-order valence-corrected chi connectivity index (χ0v) is 11.8. The summed E-state index contributed by atoms with van der Waals surface area (Å²) in [6, 6.07) is 0.428. The summed E-state index contributed by atoms with van der Waals surface area (Å²) in [6.45, 7) is 2.66. The molecule has 20 heavy (non-hydrogen) atoms. The van der Waals surface area contributed by atoms with E-state index < -0.39 is 0 Å². The summed E-state index contributed by atoms with van der Waals surface area (Å²) in [5, 5.41) is 3.15. The number of amides is 1. The van der Waals surface area contributed by atoms with Crippen LogP contribution < -0.4 is 5.32 Å². The number of nitrogens with one attached hydrogen (secondary N) is 1. The standard InChI is InChI=1S/C15H22N4O/c20-15(18-13-3-1-2-4-13)6-8-19-7-5-12-9-16-11-17-14(12)10-19/h9,11,13H,1-8,10H2,(H,18,20). The monoisotopic (exact) mass is 274 g/mol. The number of rotatable bonds is 4. The van der Waals surface area contributed by atoms with Crippen molar-refractivity contribution in [2.75, 3.05) is 13.1 Å². The van der Waals surface area contributed by atoms with Crippen molar-refractivity contribution in [2.24, 2.45) is 0 Å². The van der Waals surface area contributed by atoms with Crippen LogP contribution in [0.2, 0.25) is 0 Å². The van der Waals surface area contributed by atoms with E-state index in [0.717, 1.165) is 44.6 Å². The van der Waals surface area contributed by atoms with Crippen molar-refractivity contribution in [1.29, 1.82) is 0 Å². The molecule has 2 heterocycles. The quantitative estimate of drug-likeness (QED) is 0.898. The molecule has 108 valence electrons. The summed E-state index contributed by atoms with van der Waals surface area (Å²) in [7, 11) is 0. The van der Waals surface area contributed by atoms with Gasteiger partial charge in [0, 0.05) is 38.3 Å². The van der Waals surface area contributed by atoms with Crippen molar-refractivity contribution in [2.45, 2.75) is 51.1 Å². The average Bonchev–Trinajstić information content (AvgIpc) is 2.98. The molecule has 0 unspecified atom stereocenters. The number of hydrogen-bond acceptors (Lipinski definition) is 4. The summed E-state index contributed by atoms with van der Waals surface area (Å²) in [6.07, 6.45) is 9.92. The van der Waals surface area contributed by atoms with Gasteiger partial charge >= 0.3 is 0 Å². The highest BCUT2D eigenvalue weighted by atomic mass is 16.1. The number of fused-ring (bicyclic) bond motifs is 1. The van der Waals surface area contributed by atoms with Gasteiger partial charge < -0.3 is 5.32 Å². The van der Waals surface area contributed by atoms with Crippen molar-refractivity contribution < 1.29 is 4.79 Å². The second kappa shape index (κ2) is 6.31. The van der Waals surface area contributed by atoms with E-state index in [1.54, 1.807) is 6.33 Å². The van der Waals surface area contributed by atoms with Gasteiger partial charge in [-0.05, 0) is 24.8 Å². The second-order valence-electron chi connectivity index (χ2n) is 5.82. The topological polar surface area (TPSA) is 58.1 Å². The molecule has 1 saturated carbocycles. The minimum absolute atomic E-state index is 0.199. The fraction of sp³-hybridized carbons (Fsp3) is 0.667. The van der Waals surface area contributed by atoms with Gasteiger partial charge in [-0.1, -0.05) is 12.8 Å². The SMILES string of the molecule is O=C(CCN1CCc2cncnc2C1)NC1CCCC1. The van der Waals surface area contributed by atoms with Crippen LogP contribution in [-0.4, -0.2) is 39.9 Å². The first kappa shape index (κ1) is 13.5. The van der Waals surface area contributed by atoms with Crippen LogP contribution in [0.1, 0.15) is 43.4 Å². The number of nitrogens with zero attached hydrogens (tertiary/aromatic N) is 3. The third-order valence-electron chi connectivity index (χ3n) is 4.33. The summed E-state index contributed by atoms with van der Waals surface area (Å²) in [4.78, 5) is 22.6. The van der Waals surface area contributed by atoms with Crippen LogP contribution in [0.15, 0.2) is 12.5 Å². The first-order valence-electron chi connectivity index (χ1n) is 7.61. The van der Waals surface area contributed by atoms with Crippen LogP contribution in [0.25, 0.3) is 0 Å². The van der Waals surface area contributed by atoms with Gasteiger partial charge in [-0.15, -0.1) is 0 Å². The molecule has 1 aliphatic carbocycles. The van der Waals surface area contributed by atoms with Crippen LogP contribution in [0, 0.1) is 0 Å². The third kappa shape index (κ3) is 3.33. The lowest BCUT2D eigenvalue weighted by molar-refractivity contribution is -0.122. The highest BCUT2D eigenvalue weighted by Gasteiger charge is 2.20. The Morgan fingerprint density at radius 2 is 2.25 bits per heavy atom. The minimum Gasteiger partial charge on any atom is -0.353 e. The van der Waals surface area contributed by atoms with E-state index in [4.69, 9.17) is 0 Å². The Bertz CT molecular complexity index is 471. The average molecular weight is 274 g/mol. The molecule has 3 rings (SSSR count). The number of hydrogen-bond donors (Lipinski definition) is 1. The lowest BCUT2D eigenvalue weighted by Gasteiger charge is -2.27. The van der Waals surface area contributed by atoms with E-state index in [1.165, 1.54) is 18.4 Å². The third-order valence-corrected chi connectivity index (χ3v) is 4.33. The molecule has 0 spiro atoms. The summed E-state index contributed by atoms with van der Waals surface area (Å²) >= 11 is 0. The van der Waals surface area contributed by atoms with Crippen molar-refractivity contribution in [3.05, 3.63) is 23.8 Å². The van der Waals surface area contributed by atoms with Gasteiger partial charge in [0.15, 0.2) is 0 Å². The fourth-order valence-corrected chi connectivity index (χ4v) is 3.12. The lowest BCUT2D eigenvalue weighted by atomic mass is 10.1. The number of aromatic nitrogens is 2. The van der Waals surface area contributed by atoms with Crippen molar-refractivity contribution in [3.8, 4) is 0 Å². The van der Waals surface area contributed by atoms with Crippen LogP contribution in [0.5, 0.6) is 0 Å². The van der Waals surface area contributed by atoms with E-state index in [0.29, 0.717) is 12.5 Å². The molecule has 0 bridgehead atoms. The van der Waals surface area contributed by atoms with Crippen LogP contribution in [0.4, 0.5) is 0 Å². The molecule has 0 saturated heterocycles. The van der Waals surface area contributed by atoms with Gasteiger partial charge in [0.1, 0.15) is 6.33 Å². The lowest BCUT2D eigenvalue weighted by Crippen LogP contribution is -2.37. The first-order chi connectivity index (χ1) is 9.81. The molecule has 1 aromatic rings. The Kier molecular flexibility index (Phi) is 4.25. The smallest absolute Gasteiger partial charge is 0.221 e. The summed E-state index contributed by atoms with van der Waals surface area (Å²) < 4.78 is 0. The van der Waals surface area contributed by atoms with Gasteiger partial charge in [0.05, 0.1) is 5.69 Å². The molecule has 1 aromatic heterocycles. The Balaban J connectivity index is 1.44. The van der Waals surface area contributed by atoms with E-state index >= 15 is 0 Å². The van der Waals surface area contributed by atoms with E-state index in [2.05, 4.69) is 20.2 Å². The highest BCUT2D eigenvalue weighted by Crippen LogP contribution is 2.18. The van der Waals surface area contributed by atoms with Crippen LogP contribution in [0.3, 0.4) is 0 Å². The highest BCUT2D eigenvalue weighted by molar-refractivity contribution is 5.76. The molecule has 1 amide bonds. The Morgan fingerprint density at radius 3 is 3.10 bits per heavy atom. The number of carbonyl (C=O) groups excluding carboxylic acids is 1. The van der Waals surface area contributed by atoms with Gasteiger partial charge in [0.25, 0.3) is 0 Å². The predicted octanol–water partition coefficient (Wildman–Crippen LogP) is 1.28. The Labute approximate surface area is 119 Å². The zero-order valence-electron chi connectivity index (χ0n) is 11.8. The van der Waals surface area contributed by atoms with Crippen LogP contribution >= 0.6 is 0 Å². The number of carbonyl (C=O) groups is 1. The first-order valence-corrected chi connectivity index (χ1v) is 7.61. The van der Waals surface area contributed by atoms with Crippen molar-refractivity contribution in [3.63, 3.8) is 0 Å². The fourth-order valence-electron chi connectivity index (χ4n) is 3.12. The molecule has 1 fully saturated rings. The minimum atomic E-state index is 0.199. The molecule has 0 aromatic carbocycles. The molecule has 5 nitrogen and oxygen atoms in total. The van der Waals surface area contributed by atoms with E-state index in [9.17, 15) is 4.79 Å². The Hall–Kier alpha value is -1.49. The van der Waals surface area contributed by atoms with Gasteiger partial charge in [-0.2, -0.15) is 0 Å². The molecule has 0 atom stereocenters. The largest absolute Gasteiger partial charge is 0.353 e. The molecule has 5 heteroatoms. The van der Waals surface area contributed by atoms with E-state index in [-0.39, 0.29) is 5.91 Å². The summed E-state index contributed by atoms with van der Waals surface area (Å²) in [5.74, 6) is 0.199. The predicted molar refractivity (Wildman–Crippen MR) is 76.0 cm³/mol. The molecule has 0 radical (unpaired) electrons. The molecular formula is C15H22N4O. The molecule has 1 N–H and O–H groups in total. The maximum atomic E-state index is 11.9. The van der Waals surface area contributed by atoms with Crippen molar-refractivity contribution >= 4 is 5.91 Å². The Morgan fingerprint density at radius 1 is 1.40 bits per heavy atom. The van der Waals surface area contributed by atoms with E-state index in [1.807, 2.05) is 6.20 Å². The summed E-state index contributed by atoms with van der Waals surface area (Å²) in [5.41, 5.74) is 2.36. The molecule has 2 aliphatic rings. The zero-order chi connectivity index (χ0) is 13.8. The van der Waals surface area contributed by atoms with Gasteiger partial charge in [-0.3, -0.25) is 9.69 Å². The van der Waals surface area contributed by atoms with Crippen LogP contribution in [-0.2, 0) is 17.8 Å². The molecular weight excluding hydrogens is 252 g/mol. The maximum absolute atomic E-state index is 11.9.